The summed E-state index contributed by atoms with van der Waals surface area (Å²) in [5.41, 5.74) is 2.38. The number of anilines is 2. The van der Waals surface area contributed by atoms with Gasteiger partial charge in [0.25, 0.3) is 5.95 Å². The van der Waals surface area contributed by atoms with Gasteiger partial charge in [0.1, 0.15) is 12.7 Å². The molecule has 0 spiro atoms. The number of nitrogen functional groups attached to an aromatic ring is 1. The second-order valence-corrected chi connectivity index (χ2v) is 4.11. The van der Waals surface area contributed by atoms with E-state index in [1.54, 1.807) is 0 Å². The Bertz CT molecular complexity index is 528. The third-order valence-electron chi connectivity index (χ3n) is 2.21. The first kappa shape index (κ1) is 14.1. The number of hydrogen-bond acceptors (Lipinski definition) is 9. The van der Waals surface area contributed by atoms with Crippen LogP contribution in [-0.2, 0) is 4.74 Å². The highest BCUT2D eigenvalue weighted by atomic mass is 16.5. The molecule has 4 N–H and O–H groups in total. The fraction of sp³-hybridized carbons (Fsp3) is 0.500. The van der Waals surface area contributed by atoms with Gasteiger partial charge in [-0.05, 0) is 13.8 Å². The van der Waals surface area contributed by atoms with Crippen molar-refractivity contribution in [3.8, 4) is 5.95 Å². The molecule has 2 aromatic heterocycles. The molecule has 2 aromatic rings. The molecule has 0 fully saturated rings. The molecule has 10 nitrogen and oxygen atoms in total. The number of ether oxygens (including phenoxy) is 1. The molecule has 20 heavy (non-hydrogen) atoms. The maximum atomic E-state index is 5.42. The first-order valence-electron chi connectivity index (χ1n) is 6.12. The van der Waals surface area contributed by atoms with Gasteiger partial charge in [-0.2, -0.15) is 24.7 Å². The molecule has 0 bridgehead atoms. The number of hydrazine groups is 1. The summed E-state index contributed by atoms with van der Waals surface area (Å²) in [6.07, 6.45) is 3.06. The zero-order valence-electron chi connectivity index (χ0n) is 11.3. The van der Waals surface area contributed by atoms with Gasteiger partial charge in [0.2, 0.25) is 11.9 Å². The van der Waals surface area contributed by atoms with E-state index in [1.807, 2.05) is 13.8 Å². The van der Waals surface area contributed by atoms with Gasteiger partial charge in [0, 0.05) is 6.54 Å². The molecule has 0 aromatic carbocycles. The van der Waals surface area contributed by atoms with Crippen molar-refractivity contribution in [1.29, 1.82) is 0 Å². The van der Waals surface area contributed by atoms with E-state index in [1.165, 1.54) is 17.3 Å². The lowest BCUT2D eigenvalue weighted by molar-refractivity contribution is 0.0870. The maximum absolute atomic E-state index is 5.42. The molecule has 2 heterocycles. The monoisotopic (exact) mass is 279 g/mol. The van der Waals surface area contributed by atoms with Gasteiger partial charge in [-0.1, -0.05) is 0 Å². The number of nitrogens with two attached hydrogens (primary N) is 1. The number of nitrogens with zero attached hydrogens (tertiary/aromatic N) is 6. The Labute approximate surface area is 115 Å². The van der Waals surface area contributed by atoms with E-state index in [4.69, 9.17) is 10.6 Å². The van der Waals surface area contributed by atoms with E-state index in [-0.39, 0.29) is 12.1 Å². The molecule has 0 radical (unpaired) electrons. The number of rotatable bonds is 7. The van der Waals surface area contributed by atoms with Gasteiger partial charge in [-0.15, -0.1) is 0 Å². The van der Waals surface area contributed by atoms with Crippen LogP contribution in [0.3, 0.4) is 0 Å². The highest BCUT2D eigenvalue weighted by Crippen LogP contribution is 2.07. The molecule has 0 saturated carbocycles. The van der Waals surface area contributed by atoms with Crippen molar-refractivity contribution in [2.75, 3.05) is 23.9 Å². The highest BCUT2D eigenvalue weighted by Gasteiger charge is 2.07. The average molecular weight is 279 g/mol. The summed E-state index contributed by atoms with van der Waals surface area (Å²) in [5, 5.41) is 6.99. The molecule has 0 amide bonds. The van der Waals surface area contributed by atoms with E-state index in [0.29, 0.717) is 25.0 Å². The Hall–Kier alpha value is -2.33. The molecule has 0 atom stereocenters. The van der Waals surface area contributed by atoms with Crippen molar-refractivity contribution in [3.05, 3.63) is 12.7 Å². The largest absolute Gasteiger partial charge is 0.377 e. The van der Waals surface area contributed by atoms with Crippen LogP contribution in [0.15, 0.2) is 12.7 Å². The van der Waals surface area contributed by atoms with Crippen LogP contribution in [0.25, 0.3) is 5.95 Å². The topological polar surface area (TPSA) is 129 Å². The molecule has 0 aliphatic heterocycles. The SMILES string of the molecule is CC(C)OCCNc1nc(NN)nc(-n2cncn2)n1. The number of nitrogens with one attached hydrogen (secondary N) is 2. The van der Waals surface area contributed by atoms with Crippen LogP contribution in [-0.4, -0.2) is 49.0 Å². The lowest BCUT2D eigenvalue weighted by Gasteiger charge is -2.10. The Morgan fingerprint density at radius 3 is 2.75 bits per heavy atom. The van der Waals surface area contributed by atoms with Crippen LogP contribution in [0.5, 0.6) is 0 Å². The van der Waals surface area contributed by atoms with Gasteiger partial charge in [-0.25, -0.2) is 10.8 Å². The summed E-state index contributed by atoms with van der Waals surface area (Å²) >= 11 is 0. The van der Waals surface area contributed by atoms with Crippen LogP contribution >= 0.6 is 0 Å². The smallest absolute Gasteiger partial charge is 0.258 e. The fourth-order valence-electron chi connectivity index (χ4n) is 1.38. The summed E-state index contributed by atoms with van der Waals surface area (Å²) in [6, 6.07) is 0. The zero-order valence-corrected chi connectivity index (χ0v) is 11.3. The minimum absolute atomic E-state index is 0.183. The van der Waals surface area contributed by atoms with Crippen molar-refractivity contribution in [2.24, 2.45) is 5.84 Å². The molecule has 0 saturated heterocycles. The van der Waals surface area contributed by atoms with E-state index in [2.05, 4.69) is 35.8 Å². The summed E-state index contributed by atoms with van der Waals surface area (Å²) in [7, 11) is 0. The van der Waals surface area contributed by atoms with Crippen LogP contribution in [0.1, 0.15) is 13.8 Å². The van der Waals surface area contributed by atoms with Gasteiger partial charge in [0.15, 0.2) is 0 Å². The molecule has 0 unspecified atom stereocenters. The van der Waals surface area contributed by atoms with Crippen molar-refractivity contribution in [1.82, 2.24) is 29.7 Å². The zero-order chi connectivity index (χ0) is 14.4. The fourth-order valence-corrected chi connectivity index (χ4v) is 1.38. The third kappa shape index (κ3) is 3.83. The Balaban J connectivity index is 2.06. The summed E-state index contributed by atoms with van der Waals surface area (Å²) < 4.78 is 6.84. The number of aromatic nitrogens is 6. The van der Waals surface area contributed by atoms with E-state index >= 15 is 0 Å². The van der Waals surface area contributed by atoms with Gasteiger partial charge >= 0.3 is 0 Å². The van der Waals surface area contributed by atoms with Crippen molar-refractivity contribution in [3.63, 3.8) is 0 Å². The maximum Gasteiger partial charge on any atom is 0.258 e. The average Bonchev–Trinajstić information content (AvgIpc) is 2.97. The first-order valence-corrected chi connectivity index (χ1v) is 6.12. The van der Waals surface area contributed by atoms with Crippen LogP contribution in [0, 0.1) is 0 Å². The quantitative estimate of drug-likeness (QED) is 0.351. The Morgan fingerprint density at radius 1 is 1.30 bits per heavy atom. The second-order valence-electron chi connectivity index (χ2n) is 4.11. The molecule has 10 heteroatoms. The van der Waals surface area contributed by atoms with E-state index < -0.39 is 0 Å². The predicted molar refractivity (Wildman–Crippen MR) is 72.1 cm³/mol. The summed E-state index contributed by atoms with van der Waals surface area (Å²) in [5.74, 6) is 6.27. The molecular formula is C10H17N9O. The lowest BCUT2D eigenvalue weighted by Crippen LogP contribution is -2.18. The Morgan fingerprint density at radius 2 is 2.10 bits per heavy atom. The third-order valence-corrected chi connectivity index (χ3v) is 2.21. The second kappa shape index (κ2) is 6.73. The van der Waals surface area contributed by atoms with Crippen molar-refractivity contribution < 1.29 is 4.74 Å². The van der Waals surface area contributed by atoms with Crippen LogP contribution in [0.2, 0.25) is 0 Å². The van der Waals surface area contributed by atoms with Crippen LogP contribution in [0.4, 0.5) is 11.9 Å². The first-order chi connectivity index (χ1) is 9.69. The van der Waals surface area contributed by atoms with E-state index in [9.17, 15) is 0 Å². The minimum atomic E-state index is 0.183. The van der Waals surface area contributed by atoms with Gasteiger partial charge < -0.3 is 10.1 Å². The predicted octanol–water partition coefficient (Wildman–Crippen LogP) is -0.425. The van der Waals surface area contributed by atoms with Crippen molar-refractivity contribution >= 4 is 11.9 Å². The number of hydrogen-bond donors (Lipinski definition) is 3. The van der Waals surface area contributed by atoms with Gasteiger partial charge in [-0.3, -0.25) is 5.43 Å². The normalized spacial score (nSPS) is 10.8. The van der Waals surface area contributed by atoms with Crippen molar-refractivity contribution in [2.45, 2.75) is 20.0 Å². The molecule has 2 rings (SSSR count). The molecule has 0 aliphatic rings. The minimum Gasteiger partial charge on any atom is -0.377 e. The Kier molecular flexibility index (Phi) is 4.74. The summed E-state index contributed by atoms with van der Waals surface area (Å²) in [6.45, 7) is 5.07. The lowest BCUT2D eigenvalue weighted by atomic mass is 10.5. The van der Waals surface area contributed by atoms with E-state index in [0.717, 1.165) is 0 Å². The standard InChI is InChI=1S/C10H17N9O/c1-7(2)20-4-3-13-8-15-9(18-11)17-10(16-8)19-6-12-5-14-19/h5-7H,3-4,11H2,1-2H3,(H2,13,15,16,17,18). The molecular weight excluding hydrogens is 262 g/mol. The summed E-state index contributed by atoms with van der Waals surface area (Å²) in [4.78, 5) is 16.2. The van der Waals surface area contributed by atoms with Crippen LogP contribution < -0.4 is 16.6 Å². The molecule has 0 aliphatic carbocycles. The molecule has 108 valence electrons. The highest BCUT2D eigenvalue weighted by molar-refractivity contribution is 5.36. The van der Waals surface area contributed by atoms with Gasteiger partial charge in [0.05, 0.1) is 12.7 Å².